The molecule has 1 rings (SSSR count). The summed E-state index contributed by atoms with van der Waals surface area (Å²) in [5, 5.41) is 1.99. The molecule has 1 aromatic rings. The molecule has 0 fully saturated rings. The van der Waals surface area contributed by atoms with E-state index in [0.717, 1.165) is 23.1 Å². The third-order valence-electron chi connectivity index (χ3n) is 1.05. The number of hydrogen-bond donors (Lipinski definition) is 0. The summed E-state index contributed by atoms with van der Waals surface area (Å²) in [5.74, 6) is 0. The van der Waals surface area contributed by atoms with Crippen LogP contribution in [0.15, 0.2) is 6.20 Å². The lowest BCUT2D eigenvalue weighted by Gasteiger charge is -1.96. The van der Waals surface area contributed by atoms with Gasteiger partial charge in [0.25, 0.3) is 0 Å². The Bertz CT molecular complexity index is 197. The van der Waals surface area contributed by atoms with Crippen LogP contribution in [0, 0.1) is 6.92 Å². The minimum absolute atomic E-state index is 0.793. The summed E-state index contributed by atoms with van der Waals surface area (Å²) in [6, 6.07) is 0. The fourth-order valence-electron chi connectivity index (χ4n) is 0.611. The third kappa shape index (κ3) is 1.99. The summed E-state index contributed by atoms with van der Waals surface area (Å²) in [6.45, 7) is 4.86. The predicted octanol–water partition coefficient (Wildman–Crippen LogP) is 2.24. The maximum Gasteiger partial charge on any atom is 0.194 e. The maximum atomic E-state index is 5.33. The highest BCUT2D eigenvalue weighted by Gasteiger charge is 1.95. The van der Waals surface area contributed by atoms with Crippen LogP contribution in [0.3, 0.4) is 0 Å². The van der Waals surface area contributed by atoms with Crippen molar-refractivity contribution in [2.75, 3.05) is 6.61 Å². The molecule has 0 amide bonds. The maximum absolute atomic E-state index is 5.33. The topological polar surface area (TPSA) is 22.1 Å². The Kier molecular flexibility index (Phi) is 2.68. The van der Waals surface area contributed by atoms with E-state index in [2.05, 4.69) is 11.9 Å². The van der Waals surface area contributed by atoms with Crippen LogP contribution in [0.4, 0.5) is 0 Å². The van der Waals surface area contributed by atoms with Crippen LogP contribution in [-0.2, 0) is 0 Å². The molecule has 1 heterocycles. The van der Waals surface area contributed by atoms with E-state index < -0.39 is 0 Å². The highest BCUT2D eigenvalue weighted by atomic mass is 32.1. The molecule has 10 heavy (non-hydrogen) atoms. The van der Waals surface area contributed by atoms with Crippen LogP contribution in [0.1, 0.15) is 18.4 Å². The van der Waals surface area contributed by atoms with Gasteiger partial charge in [-0.05, 0) is 13.3 Å². The molecule has 0 atom stereocenters. The van der Waals surface area contributed by atoms with E-state index >= 15 is 0 Å². The highest BCUT2D eigenvalue weighted by molar-refractivity contribution is 7.13. The SMILES string of the molecule is CCCOc1cnc(C)s1. The van der Waals surface area contributed by atoms with Gasteiger partial charge in [0.15, 0.2) is 5.06 Å². The van der Waals surface area contributed by atoms with Crippen molar-refractivity contribution in [1.82, 2.24) is 4.98 Å². The van der Waals surface area contributed by atoms with Crippen LogP contribution in [0.5, 0.6) is 5.06 Å². The first-order valence-electron chi connectivity index (χ1n) is 3.38. The second-order valence-electron chi connectivity index (χ2n) is 2.05. The normalized spacial score (nSPS) is 9.80. The van der Waals surface area contributed by atoms with Gasteiger partial charge in [0.2, 0.25) is 0 Å². The van der Waals surface area contributed by atoms with Crippen molar-refractivity contribution in [3.63, 3.8) is 0 Å². The molecule has 3 heteroatoms. The van der Waals surface area contributed by atoms with E-state index in [1.807, 2.05) is 6.92 Å². The molecule has 0 bridgehead atoms. The van der Waals surface area contributed by atoms with Gasteiger partial charge >= 0.3 is 0 Å². The van der Waals surface area contributed by atoms with Gasteiger partial charge in [0.1, 0.15) is 0 Å². The van der Waals surface area contributed by atoms with Crippen molar-refractivity contribution < 1.29 is 4.74 Å². The van der Waals surface area contributed by atoms with Gasteiger partial charge in [-0.2, -0.15) is 0 Å². The molecule has 1 aromatic heterocycles. The predicted molar refractivity (Wildman–Crippen MR) is 42.6 cm³/mol. The molecule has 0 saturated carbocycles. The second kappa shape index (κ2) is 3.56. The minimum Gasteiger partial charge on any atom is -0.483 e. The summed E-state index contributed by atoms with van der Waals surface area (Å²) < 4.78 is 5.33. The van der Waals surface area contributed by atoms with Crippen LogP contribution in [0.25, 0.3) is 0 Å². The quantitative estimate of drug-likeness (QED) is 0.671. The number of aryl methyl sites for hydroxylation is 1. The van der Waals surface area contributed by atoms with Crippen molar-refractivity contribution in [3.05, 3.63) is 11.2 Å². The Balaban J connectivity index is 2.42. The fourth-order valence-corrected chi connectivity index (χ4v) is 1.26. The third-order valence-corrected chi connectivity index (χ3v) is 1.87. The fraction of sp³-hybridized carbons (Fsp3) is 0.571. The molecule has 0 unspecified atom stereocenters. The summed E-state index contributed by atoms with van der Waals surface area (Å²) in [6.07, 6.45) is 2.83. The van der Waals surface area contributed by atoms with E-state index in [1.165, 1.54) is 0 Å². The molecule has 0 aliphatic carbocycles. The Labute approximate surface area is 64.9 Å². The first kappa shape index (κ1) is 7.54. The molecule has 0 spiro atoms. The lowest BCUT2D eigenvalue weighted by molar-refractivity contribution is 0.326. The van der Waals surface area contributed by atoms with Crippen LogP contribution < -0.4 is 4.74 Å². The van der Waals surface area contributed by atoms with Crippen molar-refractivity contribution in [2.24, 2.45) is 0 Å². The summed E-state index contributed by atoms with van der Waals surface area (Å²) >= 11 is 1.59. The lowest BCUT2D eigenvalue weighted by atomic mass is 10.5. The zero-order chi connectivity index (χ0) is 7.40. The number of nitrogens with zero attached hydrogens (tertiary/aromatic N) is 1. The number of rotatable bonds is 3. The molecule has 0 aliphatic heterocycles. The number of ether oxygens (including phenoxy) is 1. The van der Waals surface area contributed by atoms with Crippen molar-refractivity contribution >= 4 is 11.3 Å². The van der Waals surface area contributed by atoms with E-state index in [-0.39, 0.29) is 0 Å². The van der Waals surface area contributed by atoms with Crippen LogP contribution >= 0.6 is 11.3 Å². The zero-order valence-corrected chi connectivity index (χ0v) is 7.07. The number of thiazole rings is 1. The van der Waals surface area contributed by atoms with Gasteiger partial charge in [-0.15, -0.1) is 0 Å². The standard InChI is InChI=1S/C7H11NOS/c1-3-4-9-7-5-8-6(2)10-7/h5H,3-4H2,1-2H3. The average Bonchev–Trinajstić information content (AvgIpc) is 2.31. The average molecular weight is 157 g/mol. The highest BCUT2D eigenvalue weighted by Crippen LogP contribution is 2.19. The van der Waals surface area contributed by atoms with Crippen LogP contribution in [0.2, 0.25) is 0 Å². The van der Waals surface area contributed by atoms with Gasteiger partial charge in [-0.1, -0.05) is 18.3 Å². The molecular formula is C7H11NOS. The largest absolute Gasteiger partial charge is 0.483 e. The molecule has 56 valence electrons. The summed E-state index contributed by atoms with van der Waals surface area (Å²) in [4.78, 5) is 4.06. The van der Waals surface area contributed by atoms with Crippen LogP contribution in [-0.4, -0.2) is 11.6 Å². The van der Waals surface area contributed by atoms with E-state index in [1.54, 1.807) is 17.5 Å². The number of aromatic nitrogens is 1. The van der Waals surface area contributed by atoms with Crippen molar-refractivity contribution in [1.29, 1.82) is 0 Å². The van der Waals surface area contributed by atoms with Gasteiger partial charge in [-0.25, -0.2) is 4.98 Å². The van der Waals surface area contributed by atoms with E-state index in [0.29, 0.717) is 0 Å². The molecule has 0 aliphatic rings. The summed E-state index contributed by atoms with van der Waals surface area (Å²) in [5.41, 5.74) is 0. The Morgan fingerprint density at radius 3 is 3.00 bits per heavy atom. The first-order valence-corrected chi connectivity index (χ1v) is 4.20. The molecule has 2 nitrogen and oxygen atoms in total. The van der Waals surface area contributed by atoms with Crippen molar-refractivity contribution in [2.45, 2.75) is 20.3 Å². The monoisotopic (exact) mass is 157 g/mol. The first-order chi connectivity index (χ1) is 4.83. The minimum atomic E-state index is 0.793. The Hall–Kier alpha value is -0.570. The lowest BCUT2D eigenvalue weighted by Crippen LogP contribution is -1.91. The molecule has 0 N–H and O–H groups in total. The Morgan fingerprint density at radius 1 is 1.70 bits per heavy atom. The zero-order valence-electron chi connectivity index (χ0n) is 6.26. The van der Waals surface area contributed by atoms with Gasteiger partial charge in [0.05, 0.1) is 17.8 Å². The second-order valence-corrected chi connectivity index (χ2v) is 3.24. The smallest absolute Gasteiger partial charge is 0.194 e. The molecule has 0 saturated heterocycles. The molecular weight excluding hydrogens is 146 g/mol. The summed E-state index contributed by atoms with van der Waals surface area (Å²) in [7, 11) is 0. The van der Waals surface area contributed by atoms with Gasteiger partial charge in [-0.3, -0.25) is 0 Å². The molecule has 0 aromatic carbocycles. The van der Waals surface area contributed by atoms with Gasteiger partial charge in [0, 0.05) is 0 Å². The van der Waals surface area contributed by atoms with Gasteiger partial charge < -0.3 is 4.74 Å². The van der Waals surface area contributed by atoms with E-state index in [9.17, 15) is 0 Å². The Morgan fingerprint density at radius 2 is 2.50 bits per heavy atom. The number of hydrogen-bond acceptors (Lipinski definition) is 3. The molecule has 0 radical (unpaired) electrons. The van der Waals surface area contributed by atoms with E-state index in [4.69, 9.17) is 4.74 Å². The van der Waals surface area contributed by atoms with Crippen molar-refractivity contribution in [3.8, 4) is 5.06 Å².